The lowest BCUT2D eigenvalue weighted by Crippen LogP contribution is -2.39. The number of hydrogen-bond acceptors (Lipinski definition) is 2. The van der Waals surface area contributed by atoms with E-state index in [9.17, 15) is 9.18 Å². The van der Waals surface area contributed by atoms with E-state index in [1.165, 1.54) is 18.2 Å². The molecule has 0 bridgehead atoms. The van der Waals surface area contributed by atoms with Gasteiger partial charge in [0.05, 0.1) is 5.56 Å². The summed E-state index contributed by atoms with van der Waals surface area (Å²) in [6, 6.07) is 5.77. The molecule has 1 aromatic carbocycles. The molecule has 0 saturated carbocycles. The lowest BCUT2D eigenvalue weighted by molar-refractivity contribution is 0.0973. The van der Waals surface area contributed by atoms with Crippen LogP contribution in [0.5, 0.6) is 0 Å². The summed E-state index contributed by atoms with van der Waals surface area (Å²) in [5, 5.41) is 5.46. The van der Waals surface area contributed by atoms with Gasteiger partial charge in [-0.15, -0.1) is 0 Å². The van der Waals surface area contributed by atoms with Crippen LogP contribution in [-0.2, 0) is 0 Å². The summed E-state index contributed by atoms with van der Waals surface area (Å²) in [5.41, 5.74) is -0.0110. The Morgan fingerprint density at radius 2 is 2.12 bits per heavy atom. The number of benzene rings is 1. The van der Waals surface area contributed by atoms with Gasteiger partial charge in [0, 0.05) is 6.54 Å². The molecule has 0 heterocycles. The molecule has 0 aliphatic carbocycles. The van der Waals surface area contributed by atoms with Crippen molar-refractivity contribution in [2.24, 2.45) is 0 Å². The van der Waals surface area contributed by atoms with Gasteiger partial charge in [0.15, 0.2) is 5.11 Å². The molecule has 0 unspecified atom stereocenters. The van der Waals surface area contributed by atoms with Crippen molar-refractivity contribution in [3.63, 3.8) is 0 Å². The largest absolute Gasteiger partial charge is 0.362 e. The third kappa shape index (κ3) is 3.58. The van der Waals surface area contributed by atoms with E-state index >= 15 is 0 Å². The van der Waals surface area contributed by atoms with Crippen LogP contribution in [0, 0.1) is 5.82 Å². The van der Waals surface area contributed by atoms with Gasteiger partial charge in [-0.25, -0.2) is 4.39 Å². The van der Waals surface area contributed by atoms with Crippen molar-refractivity contribution in [2.45, 2.75) is 13.3 Å². The lowest BCUT2D eigenvalue weighted by Gasteiger charge is -2.08. The van der Waals surface area contributed by atoms with Gasteiger partial charge in [-0.1, -0.05) is 19.1 Å². The maximum Gasteiger partial charge on any atom is 0.260 e. The van der Waals surface area contributed by atoms with Crippen molar-refractivity contribution in [1.82, 2.24) is 10.6 Å². The first kappa shape index (κ1) is 12.6. The Morgan fingerprint density at radius 1 is 1.44 bits per heavy atom. The molecular formula is C11H13FN2OS. The fourth-order valence-electron chi connectivity index (χ4n) is 1.10. The minimum Gasteiger partial charge on any atom is -0.362 e. The summed E-state index contributed by atoms with van der Waals surface area (Å²) in [5.74, 6) is -1.09. The predicted molar refractivity (Wildman–Crippen MR) is 64.8 cm³/mol. The fraction of sp³-hybridized carbons (Fsp3) is 0.273. The molecule has 0 aromatic heterocycles. The summed E-state index contributed by atoms with van der Waals surface area (Å²) in [4.78, 5) is 11.6. The monoisotopic (exact) mass is 240 g/mol. The van der Waals surface area contributed by atoms with Crippen molar-refractivity contribution in [3.8, 4) is 0 Å². The summed E-state index contributed by atoms with van der Waals surface area (Å²) in [6.45, 7) is 2.66. The SMILES string of the molecule is CCCNC(=S)NC(=O)c1ccccc1F. The molecule has 0 aliphatic rings. The van der Waals surface area contributed by atoms with Gasteiger partial charge < -0.3 is 5.32 Å². The molecule has 3 nitrogen and oxygen atoms in total. The zero-order valence-electron chi connectivity index (χ0n) is 8.92. The van der Waals surface area contributed by atoms with Crippen LogP contribution >= 0.6 is 12.2 Å². The van der Waals surface area contributed by atoms with Gasteiger partial charge in [0.25, 0.3) is 5.91 Å². The van der Waals surface area contributed by atoms with Gasteiger partial charge in [-0.3, -0.25) is 10.1 Å². The Labute approximate surface area is 99.0 Å². The molecule has 2 N–H and O–H groups in total. The Kier molecular flexibility index (Phi) is 4.85. The minimum atomic E-state index is -0.557. The first-order valence-corrected chi connectivity index (χ1v) is 5.39. The first-order valence-electron chi connectivity index (χ1n) is 4.99. The third-order valence-electron chi connectivity index (χ3n) is 1.88. The predicted octanol–water partition coefficient (Wildman–Crippen LogP) is 1.84. The highest BCUT2D eigenvalue weighted by molar-refractivity contribution is 7.80. The standard InChI is InChI=1S/C11H13FN2OS/c1-2-7-13-11(16)14-10(15)8-5-3-4-6-9(8)12/h3-6H,2,7H2,1H3,(H2,13,14,15,16). The summed E-state index contributed by atoms with van der Waals surface area (Å²) in [7, 11) is 0. The van der Waals surface area contributed by atoms with Gasteiger partial charge in [-0.05, 0) is 30.8 Å². The highest BCUT2D eigenvalue weighted by atomic mass is 32.1. The van der Waals surface area contributed by atoms with Crippen molar-refractivity contribution in [1.29, 1.82) is 0 Å². The summed E-state index contributed by atoms with van der Waals surface area (Å²) >= 11 is 4.87. The van der Waals surface area contributed by atoms with Crippen molar-refractivity contribution < 1.29 is 9.18 Å². The molecule has 0 atom stereocenters. The van der Waals surface area contributed by atoms with Crippen molar-refractivity contribution >= 4 is 23.2 Å². The minimum absolute atomic E-state index is 0.0110. The number of amides is 1. The van der Waals surface area contributed by atoms with E-state index in [1.807, 2.05) is 6.92 Å². The Hall–Kier alpha value is -1.49. The second-order valence-corrected chi connectivity index (χ2v) is 3.60. The Bertz CT molecular complexity index is 395. The average molecular weight is 240 g/mol. The normalized spacial score (nSPS) is 9.62. The summed E-state index contributed by atoms with van der Waals surface area (Å²) in [6.07, 6.45) is 0.899. The molecule has 1 amide bonds. The number of thiocarbonyl (C=S) groups is 1. The van der Waals surface area contributed by atoms with E-state index in [0.717, 1.165) is 6.42 Å². The molecule has 0 radical (unpaired) electrons. The van der Waals surface area contributed by atoms with E-state index in [2.05, 4.69) is 10.6 Å². The van der Waals surface area contributed by atoms with Crippen LogP contribution in [0.25, 0.3) is 0 Å². The fourth-order valence-corrected chi connectivity index (χ4v) is 1.29. The third-order valence-corrected chi connectivity index (χ3v) is 2.13. The molecule has 1 rings (SSSR count). The van der Waals surface area contributed by atoms with E-state index in [0.29, 0.717) is 6.54 Å². The van der Waals surface area contributed by atoms with Crippen LogP contribution in [-0.4, -0.2) is 17.6 Å². The number of carbonyl (C=O) groups is 1. The first-order chi connectivity index (χ1) is 7.65. The highest BCUT2D eigenvalue weighted by Crippen LogP contribution is 2.05. The lowest BCUT2D eigenvalue weighted by atomic mass is 10.2. The van der Waals surface area contributed by atoms with E-state index in [-0.39, 0.29) is 10.7 Å². The average Bonchev–Trinajstić information content (AvgIpc) is 2.26. The van der Waals surface area contributed by atoms with E-state index in [1.54, 1.807) is 6.07 Å². The highest BCUT2D eigenvalue weighted by Gasteiger charge is 2.11. The zero-order chi connectivity index (χ0) is 12.0. The van der Waals surface area contributed by atoms with Gasteiger partial charge in [0.1, 0.15) is 5.82 Å². The number of rotatable bonds is 3. The van der Waals surface area contributed by atoms with Gasteiger partial charge >= 0.3 is 0 Å². The molecule has 5 heteroatoms. The van der Waals surface area contributed by atoms with Crippen LogP contribution < -0.4 is 10.6 Å². The van der Waals surface area contributed by atoms with Crippen molar-refractivity contribution in [2.75, 3.05) is 6.54 Å². The zero-order valence-corrected chi connectivity index (χ0v) is 9.73. The second kappa shape index (κ2) is 6.17. The smallest absolute Gasteiger partial charge is 0.260 e. The van der Waals surface area contributed by atoms with Crippen LogP contribution in [0.2, 0.25) is 0 Å². The second-order valence-electron chi connectivity index (χ2n) is 3.19. The van der Waals surface area contributed by atoms with Gasteiger partial charge in [-0.2, -0.15) is 0 Å². The molecule has 0 saturated heterocycles. The Morgan fingerprint density at radius 3 is 2.75 bits per heavy atom. The topological polar surface area (TPSA) is 41.1 Å². The van der Waals surface area contributed by atoms with Gasteiger partial charge in [0.2, 0.25) is 0 Å². The number of carbonyl (C=O) groups excluding carboxylic acids is 1. The van der Waals surface area contributed by atoms with Crippen LogP contribution in [0.15, 0.2) is 24.3 Å². The van der Waals surface area contributed by atoms with Crippen molar-refractivity contribution in [3.05, 3.63) is 35.6 Å². The maximum atomic E-state index is 13.2. The molecule has 16 heavy (non-hydrogen) atoms. The van der Waals surface area contributed by atoms with Crippen LogP contribution in [0.3, 0.4) is 0 Å². The Balaban J connectivity index is 2.59. The maximum absolute atomic E-state index is 13.2. The number of hydrogen-bond donors (Lipinski definition) is 2. The molecule has 0 fully saturated rings. The molecule has 1 aromatic rings. The van der Waals surface area contributed by atoms with Crippen LogP contribution in [0.1, 0.15) is 23.7 Å². The molecule has 0 spiro atoms. The van der Waals surface area contributed by atoms with Crippen LogP contribution in [0.4, 0.5) is 4.39 Å². The quantitative estimate of drug-likeness (QED) is 0.792. The molecule has 0 aliphatic heterocycles. The molecule has 86 valence electrons. The van der Waals surface area contributed by atoms with E-state index in [4.69, 9.17) is 12.2 Å². The summed E-state index contributed by atoms with van der Waals surface area (Å²) < 4.78 is 13.2. The van der Waals surface area contributed by atoms with E-state index < -0.39 is 11.7 Å². The molecular weight excluding hydrogens is 227 g/mol. The number of halogens is 1. The number of nitrogens with one attached hydrogen (secondary N) is 2.